The van der Waals surface area contributed by atoms with Gasteiger partial charge in [-0.05, 0) is 6.92 Å². The number of rotatable bonds is 2. The second kappa shape index (κ2) is 2.59. The molecule has 1 aromatic rings. The molecule has 4 nitrogen and oxygen atoms in total. The highest BCUT2D eigenvalue weighted by Crippen LogP contribution is 1.85. The molecule has 0 amide bonds. The first-order chi connectivity index (χ1) is 4.36. The maximum atomic E-state index is 5.28. The van der Waals surface area contributed by atoms with E-state index in [1.165, 1.54) is 0 Å². The third kappa shape index (κ3) is 1.26. The van der Waals surface area contributed by atoms with E-state index < -0.39 is 0 Å². The Morgan fingerprint density at radius 3 is 2.89 bits per heavy atom. The molecule has 9 heavy (non-hydrogen) atoms. The van der Waals surface area contributed by atoms with Crippen LogP contribution < -0.4 is 5.73 Å². The Kier molecular flexibility index (Phi) is 1.79. The summed E-state index contributed by atoms with van der Waals surface area (Å²) in [6.45, 7) is 3.29. The Bertz CT molecular complexity index is 162. The molecule has 0 aliphatic rings. The van der Waals surface area contributed by atoms with E-state index in [4.69, 9.17) is 5.73 Å². The molecule has 2 N–H and O–H groups in total. The Hall–Kier alpha value is -0.900. The van der Waals surface area contributed by atoms with Crippen molar-refractivity contribution in [2.45, 2.75) is 20.0 Å². The van der Waals surface area contributed by atoms with E-state index in [0.717, 1.165) is 6.54 Å². The monoisotopic (exact) mass is 126 g/mol. The highest BCUT2D eigenvalue weighted by atomic mass is 15.3. The summed E-state index contributed by atoms with van der Waals surface area (Å²) in [7, 11) is 0. The van der Waals surface area contributed by atoms with E-state index in [-0.39, 0.29) is 0 Å². The summed E-state index contributed by atoms with van der Waals surface area (Å²) in [5.41, 5.74) is 5.28. The normalized spacial score (nSPS) is 10.0. The van der Waals surface area contributed by atoms with Gasteiger partial charge >= 0.3 is 0 Å². The van der Waals surface area contributed by atoms with Crippen LogP contribution in [0.5, 0.6) is 0 Å². The number of nitrogens with zero attached hydrogens (tertiary/aromatic N) is 3. The van der Waals surface area contributed by atoms with Gasteiger partial charge < -0.3 is 5.73 Å². The Morgan fingerprint density at radius 2 is 2.56 bits per heavy atom. The number of nitrogens with two attached hydrogens (primary N) is 1. The van der Waals surface area contributed by atoms with Gasteiger partial charge in [0.1, 0.15) is 6.33 Å². The van der Waals surface area contributed by atoms with Crippen LogP contribution in [0.2, 0.25) is 0 Å². The molecule has 0 atom stereocenters. The average molecular weight is 126 g/mol. The lowest BCUT2D eigenvalue weighted by Crippen LogP contribution is -2.00. The van der Waals surface area contributed by atoms with Crippen molar-refractivity contribution in [3.8, 4) is 0 Å². The molecule has 1 aromatic heterocycles. The first-order valence-electron chi connectivity index (χ1n) is 2.95. The smallest absolute Gasteiger partial charge is 0.164 e. The largest absolute Gasteiger partial charge is 0.324 e. The van der Waals surface area contributed by atoms with Crippen molar-refractivity contribution in [2.75, 3.05) is 0 Å². The number of aryl methyl sites for hydroxylation is 1. The van der Waals surface area contributed by atoms with E-state index >= 15 is 0 Å². The molecule has 0 spiro atoms. The van der Waals surface area contributed by atoms with Gasteiger partial charge in [0.2, 0.25) is 0 Å². The molecule has 0 saturated heterocycles. The molecule has 0 saturated carbocycles. The zero-order chi connectivity index (χ0) is 6.69. The van der Waals surface area contributed by atoms with Crippen molar-refractivity contribution in [3.05, 3.63) is 12.2 Å². The summed E-state index contributed by atoms with van der Waals surface area (Å²) >= 11 is 0. The number of hydrogen-bond acceptors (Lipinski definition) is 3. The first kappa shape index (κ1) is 6.22. The van der Waals surface area contributed by atoms with Gasteiger partial charge in [-0.25, -0.2) is 4.98 Å². The highest BCUT2D eigenvalue weighted by Gasteiger charge is 1.93. The minimum atomic E-state index is 0.424. The van der Waals surface area contributed by atoms with Gasteiger partial charge in [0.05, 0.1) is 6.54 Å². The summed E-state index contributed by atoms with van der Waals surface area (Å²) in [6.07, 6.45) is 1.68. The molecular formula is C5H10N4. The SMILES string of the molecule is CCn1cnc(CN)n1. The van der Waals surface area contributed by atoms with Crippen LogP contribution in [-0.2, 0) is 13.1 Å². The minimum absolute atomic E-state index is 0.424. The maximum Gasteiger partial charge on any atom is 0.164 e. The van der Waals surface area contributed by atoms with E-state index in [1.54, 1.807) is 11.0 Å². The summed E-state index contributed by atoms with van der Waals surface area (Å²) < 4.78 is 1.75. The van der Waals surface area contributed by atoms with Crippen LogP contribution in [0, 0.1) is 0 Å². The quantitative estimate of drug-likeness (QED) is 0.594. The second-order valence-corrected chi connectivity index (χ2v) is 1.72. The molecule has 0 fully saturated rings. The van der Waals surface area contributed by atoms with Gasteiger partial charge in [-0.3, -0.25) is 4.68 Å². The van der Waals surface area contributed by atoms with Crippen LogP contribution in [0.25, 0.3) is 0 Å². The van der Waals surface area contributed by atoms with Gasteiger partial charge in [-0.2, -0.15) is 5.10 Å². The molecule has 0 aliphatic heterocycles. The molecule has 0 bridgehead atoms. The molecule has 1 heterocycles. The fraction of sp³-hybridized carbons (Fsp3) is 0.600. The summed E-state index contributed by atoms with van der Waals surface area (Å²) in [5, 5.41) is 4.03. The number of aromatic nitrogens is 3. The van der Waals surface area contributed by atoms with Crippen LogP contribution in [0.15, 0.2) is 6.33 Å². The topological polar surface area (TPSA) is 56.7 Å². The Morgan fingerprint density at radius 1 is 1.78 bits per heavy atom. The van der Waals surface area contributed by atoms with Gasteiger partial charge in [0.25, 0.3) is 0 Å². The summed E-state index contributed by atoms with van der Waals surface area (Å²) in [6, 6.07) is 0. The van der Waals surface area contributed by atoms with Gasteiger partial charge in [0, 0.05) is 6.54 Å². The molecule has 0 radical (unpaired) electrons. The molecule has 50 valence electrons. The van der Waals surface area contributed by atoms with Crippen molar-refractivity contribution in [2.24, 2.45) is 5.73 Å². The standard InChI is InChI=1S/C5H10N4/c1-2-9-4-7-5(3-6)8-9/h4H,2-3,6H2,1H3. The lowest BCUT2D eigenvalue weighted by atomic mass is 10.6. The lowest BCUT2D eigenvalue weighted by molar-refractivity contribution is 0.647. The van der Waals surface area contributed by atoms with Crippen LogP contribution >= 0.6 is 0 Å². The Balaban J connectivity index is 2.74. The third-order valence-electron chi connectivity index (χ3n) is 1.09. The van der Waals surface area contributed by atoms with Crippen LogP contribution in [-0.4, -0.2) is 14.8 Å². The average Bonchev–Trinajstić information content (AvgIpc) is 2.34. The molecule has 1 rings (SSSR count). The maximum absolute atomic E-state index is 5.28. The fourth-order valence-electron chi connectivity index (χ4n) is 0.579. The lowest BCUT2D eigenvalue weighted by Gasteiger charge is -1.88. The minimum Gasteiger partial charge on any atom is -0.324 e. The third-order valence-corrected chi connectivity index (χ3v) is 1.09. The Labute approximate surface area is 53.7 Å². The van der Waals surface area contributed by atoms with E-state index in [0.29, 0.717) is 12.4 Å². The zero-order valence-electron chi connectivity index (χ0n) is 5.41. The zero-order valence-corrected chi connectivity index (χ0v) is 5.41. The highest BCUT2D eigenvalue weighted by molar-refractivity contribution is 4.78. The van der Waals surface area contributed by atoms with Crippen LogP contribution in [0.4, 0.5) is 0 Å². The van der Waals surface area contributed by atoms with Gasteiger partial charge in [-0.15, -0.1) is 0 Å². The van der Waals surface area contributed by atoms with E-state index in [2.05, 4.69) is 10.1 Å². The molecule has 0 unspecified atom stereocenters. The van der Waals surface area contributed by atoms with Crippen molar-refractivity contribution >= 4 is 0 Å². The summed E-state index contributed by atoms with van der Waals surface area (Å²) in [5.74, 6) is 0.705. The number of hydrogen-bond donors (Lipinski definition) is 1. The molecule has 4 heteroatoms. The van der Waals surface area contributed by atoms with Crippen molar-refractivity contribution in [3.63, 3.8) is 0 Å². The summed E-state index contributed by atoms with van der Waals surface area (Å²) in [4.78, 5) is 3.93. The predicted octanol–water partition coefficient (Wildman–Crippen LogP) is -0.243. The molecular weight excluding hydrogens is 116 g/mol. The van der Waals surface area contributed by atoms with Crippen molar-refractivity contribution < 1.29 is 0 Å². The van der Waals surface area contributed by atoms with Crippen LogP contribution in [0.3, 0.4) is 0 Å². The van der Waals surface area contributed by atoms with Crippen molar-refractivity contribution in [1.82, 2.24) is 14.8 Å². The first-order valence-corrected chi connectivity index (χ1v) is 2.95. The molecule has 0 aromatic carbocycles. The van der Waals surface area contributed by atoms with Gasteiger partial charge in [0.15, 0.2) is 5.82 Å². The van der Waals surface area contributed by atoms with Gasteiger partial charge in [-0.1, -0.05) is 0 Å². The fourth-order valence-corrected chi connectivity index (χ4v) is 0.579. The van der Waals surface area contributed by atoms with E-state index in [9.17, 15) is 0 Å². The van der Waals surface area contributed by atoms with Crippen molar-refractivity contribution in [1.29, 1.82) is 0 Å². The predicted molar refractivity (Wildman–Crippen MR) is 33.6 cm³/mol. The van der Waals surface area contributed by atoms with Crippen LogP contribution in [0.1, 0.15) is 12.7 Å². The second-order valence-electron chi connectivity index (χ2n) is 1.72. The van der Waals surface area contributed by atoms with E-state index in [1.807, 2.05) is 6.92 Å². The molecule has 0 aliphatic carbocycles.